The second kappa shape index (κ2) is 4.53. The Morgan fingerprint density at radius 2 is 2.33 bits per heavy atom. The third kappa shape index (κ3) is 2.11. The van der Waals surface area contributed by atoms with E-state index in [4.69, 9.17) is 11.0 Å². The lowest BCUT2D eigenvalue weighted by molar-refractivity contribution is 0.0600. The van der Waals surface area contributed by atoms with Crippen LogP contribution in [-0.2, 0) is 11.3 Å². The van der Waals surface area contributed by atoms with Gasteiger partial charge in [0.1, 0.15) is 11.9 Å². The summed E-state index contributed by atoms with van der Waals surface area (Å²) in [5, 5.41) is 8.75. The first-order valence-electron chi connectivity index (χ1n) is 4.15. The van der Waals surface area contributed by atoms with Gasteiger partial charge in [-0.2, -0.15) is 5.26 Å². The molecule has 1 rings (SSSR count). The number of carbonyl (C=O) groups excluding carboxylic acids is 1. The Morgan fingerprint density at radius 3 is 2.80 bits per heavy atom. The zero-order valence-electron chi connectivity index (χ0n) is 8.08. The van der Waals surface area contributed by atoms with Gasteiger partial charge in [0.25, 0.3) is 0 Å². The molecule has 0 unspecified atom stereocenters. The summed E-state index contributed by atoms with van der Waals surface area (Å²) in [7, 11) is 1.16. The van der Waals surface area contributed by atoms with E-state index in [-0.39, 0.29) is 23.2 Å². The largest absolute Gasteiger partial charge is 0.465 e. The van der Waals surface area contributed by atoms with Crippen LogP contribution in [0.1, 0.15) is 21.5 Å². The summed E-state index contributed by atoms with van der Waals surface area (Å²) in [6, 6.07) is 4.01. The van der Waals surface area contributed by atoms with E-state index < -0.39 is 11.8 Å². The van der Waals surface area contributed by atoms with E-state index in [9.17, 15) is 9.18 Å². The van der Waals surface area contributed by atoms with Crippen LogP contribution in [0.4, 0.5) is 4.39 Å². The molecule has 0 saturated carbocycles. The average Bonchev–Trinajstić information content (AvgIpc) is 2.27. The summed E-state index contributed by atoms with van der Waals surface area (Å²) in [6.07, 6.45) is 0. The molecular weight excluding hydrogens is 199 g/mol. The Bertz CT molecular complexity index is 438. The van der Waals surface area contributed by atoms with E-state index in [1.807, 2.05) is 0 Å². The fraction of sp³-hybridized carbons (Fsp3) is 0.200. The number of nitrogens with zero attached hydrogens (tertiary/aromatic N) is 1. The first-order chi connectivity index (χ1) is 7.13. The van der Waals surface area contributed by atoms with Crippen molar-refractivity contribution in [2.24, 2.45) is 5.73 Å². The van der Waals surface area contributed by atoms with E-state index in [1.165, 1.54) is 6.07 Å². The molecule has 0 aromatic heterocycles. The minimum Gasteiger partial charge on any atom is -0.465 e. The van der Waals surface area contributed by atoms with Crippen LogP contribution in [0, 0.1) is 17.1 Å². The maximum absolute atomic E-state index is 13.3. The summed E-state index contributed by atoms with van der Waals surface area (Å²) in [4.78, 5) is 11.2. The molecule has 0 atom stereocenters. The Labute approximate surface area is 86.1 Å². The first kappa shape index (κ1) is 11.1. The number of nitrogens with two attached hydrogens (primary N) is 1. The standard InChI is InChI=1S/C10H9FN2O2/c1-15-10(14)8-3-9(11)7(5-13)2-6(8)4-12/h2-3H,5,13H2,1H3. The fourth-order valence-corrected chi connectivity index (χ4v) is 1.15. The number of hydrogen-bond acceptors (Lipinski definition) is 4. The molecule has 1 aromatic rings. The molecule has 0 bridgehead atoms. The van der Waals surface area contributed by atoms with Gasteiger partial charge in [-0.1, -0.05) is 0 Å². The molecular formula is C10H9FN2O2. The van der Waals surface area contributed by atoms with E-state index in [0.29, 0.717) is 0 Å². The van der Waals surface area contributed by atoms with Crippen molar-refractivity contribution in [3.8, 4) is 6.07 Å². The normalized spacial score (nSPS) is 9.47. The van der Waals surface area contributed by atoms with Gasteiger partial charge in [-0.3, -0.25) is 0 Å². The molecule has 0 aliphatic rings. The molecule has 0 radical (unpaired) electrons. The van der Waals surface area contributed by atoms with Crippen molar-refractivity contribution in [2.45, 2.75) is 6.54 Å². The minimum absolute atomic E-state index is 0.0258. The van der Waals surface area contributed by atoms with Gasteiger partial charge in [0.2, 0.25) is 0 Å². The smallest absolute Gasteiger partial charge is 0.339 e. The number of carbonyl (C=O) groups is 1. The van der Waals surface area contributed by atoms with E-state index >= 15 is 0 Å². The number of methoxy groups -OCH3 is 1. The third-order valence-electron chi connectivity index (χ3n) is 1.93. The van der Waals surface area contributed by atoms with Crippen molar-refractivity contribution in [2.75, 3.05) is 7.11 Å². The highest BCUT2D eigenvalue weighted by molar-refractivity contribution is 5.92. The van der Waals surface area contributed by atoms with Crippen molar-refractivity contribution in [1.82, 2.24) is 0 Å². The molecule has 0 heterocycles. The lowest BCUT2D eigenvalue weighted by atomic mass is 10.0. The summed E-state index contributed by atoms with van der Waals surface area (Å²) in [6.45, 7) is -0.0258. The molecule has 0 aliphatic carbocycles. The minimum atomic E-state index is -0.742. The molecule has 4 nitrogen and oxygen atoms in total. The summed E-state index contributed by atoms with van der Waals surface area (Å²) < 4.78 is 17.7. The predicted octanol–water partition coefficient (Wildman–Crippen LogP) is 0.943. The van der Waals surface area contributed by atoms with Crippen LogP contribution in [0.2, 0.25) is 0 Å². The van der Waals surface area contributed by atoms with Crippen molar-refractivity contribution in [1.29, 1.82) is 5.26 Å². The topological polar surface area (TPSA) is 76.1 Å². The molecule has 0 amide bonds. The van der Waals surface area contributed by atoms with Gasteiger partial charge < -0.3 is 10.5 Å². The van der Waals surface area contributed by atoms with Crippen LogP contribution >= 0.6 is 0 Å². The van der Waals surface area contributed by atoms with Gasteiger partial charge >= 0.3 is 5.97 Å². The Balaban J connectivity index is 3.35. The van der Waals surface area contributed by atoms with Crippen molar-refractivity contribution >= 4 is 5.97 Å². The number of rotatable bonds is 2. The highest BCUT2D eigenvalue weighted by Gasteiger charge is 2.15. The SMILES string of the molecule is COC(=O)c1cc(F)c(CN)cc1C#N. The third-order valence-corrected chi connectivity index (χ3v) is 1.93. The van der Waals surface area contributed by atoms with Crippen LogP contribution in [0.15, 0.2) is 12.1 Å². The van der Waals surface area contributed by atoms with Gasteiger partial charge in [-0.25, -0.2) is 9.18 Å². The van der Waals surface area contributed by atoms with E-state index in [2.05, 4.69) is 4.74 Å². The molecule has 5 heteroatoms. The van der Waals surface area contributed by atoms with Crippen LogP contribution in [0.25, 0.3) is 0 Å². The lowest BCUT2D eigenvalue weighted by Gasteiger charge is -2.05. The number of halogens is 1. The second-order valence-electron chi connectivity index (χ2n) is 2.80. The summed E-state index contributed by atoms with van der Waals surface area (Å²) in [5.41, 5.74) is 5.43. The van der Waals surface area contributed by atoms with Crippen molar-refractivity contribution in [3.05, 3.63) is 34.6 Å². The molecule has 0 spiro atoms. The highest BCUT2D eigenvalue weighted by Crippen LogP contribution is 2.16. The monoisotopic (exact) mass is 208 g/mol. The van der Waals surface area contributed by atoms with Crippen LogP contribution in [0.3, 0.4) is 0 Å². The first-order valence-corrected chi connectivity index (χ1v) is 4.15. The van der Waals surface area contributed by atoms with Gasteiger partial charge in [0.15, 0.2) is 0 Å². The number of hydrogen-bond donors (Lipinski definition) is 1. The molecule has 78 valence electrons. The molecule has 0 saturated heterocycles. The Hall–Kier alpha value is -1.93. The van der Waals surface area contributed by atoms with Crippen molar-refractivity contribution in [3.63, 3.8) is 0 Å². The molecule has 0 aliphatic heterocycles. The number of esters is 1. The van der Waals surface area contributed by atoms with E-state index in [1.54, 1.807) is 6.07 Å². The zero-order chi connectivity index (χ0) is 11.4. The zero-order valence-corrected chi connectivity index (χ0v) is 8.08. The molecule has 0 fully saturated rings. The number of ether oxygens (including phenoxy) is 1. The Kier molecular flexibility index (Phi) is 3.37. The Morgan fingerprint density at radius 1 is 1.67 bits per heavy atom. The molecule has 15 heavy (non-hydrogen) atoms. The van der Waals surface area contributed by atoms with Gasteiger partial charge in [-0.15, -0.1) is 0 Å². The number of benzene rings is 1. The van der Waals surface area contributed by atoms with E-state index in [0.717, 1.165) is 13.2 Å². The highest BCUT2D eigenvalue weighted by atomic mass is 19.1. The average molecular weight is 208 g/mol. The lowest BCUT2D eigenvalue weighted by Crippen LogP contribution is -2.08. The van der Waals surface area contributed by atoms with Gasteiger partial charge in [0, 0.05) is 12.1 Å². The molecule has 2 N–H and O–H groups in total. The van der Waals surface area contributed by atoms with Gasteiger partial charge in [-0.05, 0) is 12.1 Å². The van der Waals surface area contributed by atoms with Crippen LogP contribution in [-0.4, -0.2) is 13.1 Å². The maximum Gasteiger partial charge on any atom is 0.339 e. The molecule has 1 aromatic carbocycles. The summed E-state index contributed by atoms with van der Waals surface area (Å²) in [5.74, 6) is -1.36. The quantitative estimate of drug-likeness (QED) is 0.734. The predicted molar refractivity (Wildman–Crippen MR) is 50.3 cm³/mol. The van der Waals surface area contributed by atoms with Crippen LogP contribution in [0.5, 0.6) is 0 Å². The van der Waals surface area contributed by atoms with Crippen molar-refractivity contribution < 1.29 is 13.9 Å². The second-order valence-corrected chi connectivity index (χ2v) is 2.80. The van der Waals surface area contributed by atoms with Gasteiger partial charge in [0.05, 0.1) is 18.2 Å². The fourth-order valence-electron chi connectivity index (χ4n) is 1.15. The van der Waals surface area contributed by atoms with Crippen LogP contribution < -0.4 is 5.73 Å². The summed E-state index contributed by atoms with van der Waals surface area (Å²) >= 11 is 0. The number of nitriles is 1. The maximum atomic E-state index is 13.3.